The van der Waals surface area contributed by atoms with E-state index in [1.807, 2.05) is 18.7 Å². The lowest BCUT2D eigenvalue weighted by molar-refractivity contribution is -0.167. The molecule has 0 N–H and O–H groups in total. The molecule has 2 aliphatic heterocycles. The molecule has 14 heavy (non-hydrogen) atoms. The van der Waals surface area contributed by atoms with Gasteiger partial charge < -0.3 is 14.4 Å². The number of carbonyl (C=O) groups is 1. The summed E-state index contributed by atoms with van der Waals surface area (Å²) in [5.41, 5.74) is -0.249. The first-order valence-corrected chi connectivity index (χ1v) is 5.02. The van der Waals surface area contributed by atoms with Crippen LogP contribution in [-0.4, -0.2) is 48.3 Å². The summed E-state index contributed by atoms with van der Waals surface area (Å²) in [6.07, 6.45) is 0.0580. The highest BCUT2D eigenvalue weighted by Crippen LogP contribution is 2.29. The van der Waals surface area contributed by atoms with Crippen LogP contribution in [0, 0.1) is 0 Å². The second kappa shape index (κ2) is 3.21. The van der Waals surface area contributed by atoms with Crippen molar-refractivity contribution < 1.29 is 14.3 Å². The number of ether oxygens (including phenoxy) is 2. The zero-order valence-corrected chi connectivity index (χ0v) is 8.95. The Morgan fingerprint density at radius 3 is 2.79 bits per heavy atom. The lowest BCUT2D eigenvalue weighted by atomic mass is 10.0. The molecule has 1 amide bonds. The third-order valence-electron chi connectivity index (χ3n) is 2.83. The number of hydrogen-bond donors (Lipinski definition) is 0. The van der Waals surface area contributed by atoms with E-state index in [4.69, 9.17) is 9.47 Å². The number of hydrogen-bond acceptors (Lipinski definition) is 3. The summed E-state index contributed by atoms with van der Waals surface area (Å²) < 4.78 is 11.2. The van der Waals surface area contributed by atoms with Gasteiger partial charge >= 0.3 is 0 Å². The molecule has 0 bridgehead atoms. The monoisotopic (exact) mass is 199 g/mol. The van der Waals surface area contributed by atoms with Gasteiger partial charge in [0.25, 0.3) is 0 Å². The molecule has 2 saturated heterocycles. The van der Waals surface area contributed by atoms with E-state index in [1.165, 1.54) is 0 Å². The Bertz CT molecular complexity index is 252. The summed E-state index contributed by atoms with van der Waals surface area (Å²) in [6, 6.07) is 0.125. The van der Waals surface area contributed by atoms with E-state index >= 15 is 0 Å². The molecule has 2 rings (SSSR count). The van der Waals surface area contributed by atoms with Crippen molar-refractivity contribution in [3.63, 3.8) is 0 Å². The van der Waals surface area contributed by atoms with E-state index in [1.54, 1.807) is 6.92 Å². The van der Waals surface area contributed by atoms with Crippen molar-refractivity contribution in [1.82, 2.24) is 4.90 Å². The van der Waals surface area contributed by atoms with Crippen LogP contribution in [-0.2, 0) is 14.3 Å². The molecule has 0 aromatic heterocycles. The molecule has 0 unspecified atom stereocenters. The number of morpholine rings is 1. The third kappa shape index (κ3) is 1.64. The number of amides is 1. The molecule has 2 aliphatic rings. The van der Waals surface area contributed by atoms with Gasteiger partial charge in [-0.05, 0) is 13.8 Å². The molecule has 0 aliphatic carbocycles. The topological polar surface area (TPSA) is 38.8 Å². The van der Waals surface area contributed by atoms with E-state index in [0.717, 1.165) is 0 Å². The fourth-order valence-electron chi connectivity index (χ4n) is 2.25. The van der Waals surface area contributed by atoms with Gasteiger partial charge in [-0.15, -0.1) is 0 Å². The first-order valence-electron chi connectivity index (χ1n) is 5.02. The standard InChI is InChI=1S/C10H17NO3/c1-7(12)11-6-10(2,3)14-9-5-13-4-8(9)11/h8-9H,4-6H2,1-3H3/t8-,9-/m1/s1. The number of nitrogens with zero attached hydrogens (tertiary/aromatic N) is 1. The Kier molecular flexibility index (Phi) is 2.27. The summed E-state index contributed by atoms with van der Waals surface area (Å²) in [4.78, 5) is 13.3. The molecule has 0 aromatic carbocycles. The summed E-state index contributed by atoms with van der Waals surface area (Å²) >= 11 is 0. The van der Waals surface area contributed by atoms with E-state index < -0.39 is 0 Å². The minimum absolute atomic E-state index is 0.0580. The summed E-state index contributed by atoms with van der Waals surface area (Å²) in [6.45, 7) is 7.51. The van der Waals surface area contributed by atoms with E-state index in [-0.39, 0.29) is 23.7 Å². The van der Waals surface area contributed by atoms with Gasteiger partial charge in [0.1, 0.15) is 6.10 Å². The first-order chi connectivity index (χ1) is 6.49. The van der Waals surface area contributed by atoms with Gasteiger partial charge in [0.05, 0.1) is 24.9 Å². The van der Waals surface area contributed by atoms with Crippen LogP contribution in [0.2, 0.25) is 0 Å². The number of fused-ring (bicyclic) bond motifs is 1. The largest absolute Gasteiger partial charge is 0.376 e. The Morgan fingerprint density at radius 2 is 2.14 bits per heavy atom. The van der Waals surface area contributed by atoms with Crippen LogP contribution in [0.25, 0.3) is 0 Å². The van der Waals surface area contributed by atoms with Crippen LogP contribution in [0.4, 0.5) is 0 Å². The predicted molar refractivity (Wildman–Crippen MR) is 50.9 cm³/mol. The van der Waals surface area contributed by atoms with Gasteiger partial charge in [-0.2, -0.15) is 0 Å². The Hall–Kier alpha value is -0.610. The molecule has 0 radical (unpaired) electrons. The van der Waals surface area contributed by atoms with Crippen molar-refractivity contribution in [2.24, 2.45) is 0 Å². The van der Waals surface area contributed by atoms with E-state index in [0.29, 0.717) is 19.8 Å². The van der Waals surface area contributed by atoms with Crippen molar-refractivity contribution in [3.8, 4) is 0 Å². The minimum atomic E-state index is -0.249. The molecule has 4 nitrogen and oxygen atoms in total. The average Bonchev–Trinajstić information content (AvgIpc) is 2.47. The Morgan fingerprint density at radius 1 is 1.43 bits per heavy atom. The maximum Gasteiger partial charge on any atom is 0.219 e. The van der Waals surface area contributed by atoms with Gasteiger partial charge in [-0.25, -0.2) is 0 Å². The average molecular weight is 199 g/mol. The maximum atomic E-state index is 11.4. The molecule has 0 aromatic rings. The highest BCUT2D eigenvalue weighted by Gasteiger charge is 2.44. The van der Waals surface area contributed by atoms with Crippen LogP contribution >= 0.6 is 0 Å². The quantitative estimate of drug-likeness (QED) is 0.567. The van der Waals surface area contributed by atoms with E-state index in [2.05, 4.69) is 0 Å². The molecular formula is C10H17NO3. The normalized spacial score (nSPS) is 35.5. The first kappa shape index (κ1) is 9.93. The van der Waals surface area contributed by atoms with Crippen LogP contribution in [0.3, 0.4) is 0 Å². The summed E-state index contributed by atoms with van der Waals surface area (Å²) in [5, 5.41) is 0. The highest BCUT2D eigenvalue weighted by atomic mass is 16.6. The molecule has 2 fully saturated rings. The van der Waals surface area contributed by atoms with Crippen LogP contribution in [0.5, 0.6) is 0 Å². The molecule has 0 spiro atoms. The lowest BCUT2D eigenvalue weighted by Gasteiger charge is -2.44. The van der Waals surface area contributed by atoms with Crippen molar-refractivity contribution >= 4 is 5.91 Å². The highest BCUT2D eigenvalue weighted by molar-refractivity contribution is 5.74. The third-order valence-corrected chi connectivity index (χ3v) is 2.83. The fraction of sp³-hybridized carbons (Fsp3) is 0.900. The fourth-order valence-corrected chi connectivity index (χ4v) is 2.25. The van der Waals surface area contributed by atoms with Gasteiger partial charge in [0, 0.05) is 13.5 Å². The Labute approximate surface area is 84.2 Å². The van der Waals surface area contributed by atoms with Crippen LogP contribution in [0.15, 0.2) is 0 Å². The molecule has 0 saturated carbocycles. The maximum absolute atomic E-state index is 11.4. The predicted octanol–water partition coefficient (Wildman–Crippen LogP) is 0.411. The summed E-state index contributed by atoms with van der Waals surface area (Å²) in [7, 11) is 0. The zero-order valence-electron chi connectivity index (χ0n) is 8.95. The van der Waals surface area contributed by atoms with Crippen LogP contribution < -0.4 is 0 Å². The molecule has 2 heterocycles. The number of rotatable bonds is 0. The van der Waals surface area contributed by atoms with Crippen molar-refractivity contribution in [2.75, 3.05) is 19.8 Å². The minimum Gasteiger partial charge on any atom is -0.376 e. The van der Waals surface area contributed by atoms with Gasteiger partial charge in [-0.1, -0.05) is 0 Å². The van der Waals surface area contributed by atoms with Crippen molar-refractivity contribution in [1.29, 1.82) is 0 Å². The van der Waals surface area contributed by atoms with Crippen molar-refractivity contribution in [3.05, 3.63) is 0 Å². The van der Waals surface area contributed by atoms with Gasteiger partial charge in [0.2, 0.25) is 5.91 Å². The lowest BCUT2D eigenvalue weighted by Crippen LogP contribution is -2.59. The molecule has 80 valence electrons. The second-order valence-corrected chi connectivity index (χ2v) is 4.67. The smallest absolute Gasteiger partial charge is 0.219 e. The van der Waals surface area contributed by atoms with Gasteiger partial charge in [0.15, 0.2) is 0 Å². The van der Waals surface area contributed by atoms with Crippen molar-refractivity contribution in [2.45, 2.75) is 38.5 Å². The molecule has 2 atom stereocenters. The number of carbonyl (C=O) groups excluding carboxylic acids is 1. The Balaban J connectivity index is 2.18. The SMILES string of the molecule is CC(=O)N1CC(C)(C)O[C@@H]2COC[C@H]21. The second-order valence-electron chi connectivity index (χ2n) is 4.67. The molecule has 4 heteroatoms. The molecular weight excluding hydrogens is 182 g/mol. The van der Waals surface area contributed by atoms with Crippen LogP contribution in [0.1, 0.15) is 20.8 Å². The van der Waals surface area contributed by atoms with E-state index in [9.17, 15) is 4.79 Å². The summed E-state index contributed by atoms with van der Waals surface area (Å²) in [5.74, 6) is 0.113. The van der Waals surface area contributed by atoms with Gasteiger partial charge in [-0.3, -0.25) is 4.79 Å². The zero-order chi connectivity index (χ0) is 10.3.